The molecule has 86 valence electrons. The van der Waals surface area contributed by atoms with Gasteiger partial charge in [0.2, 0.25) is 0 Å². The average Bonchev–Trinajstić information content (AvgIpc) is 2.40. The van der Waals surface area contributed by atoms with E-state index in [-0.39, 0.29) is 5.92 Å². The van der Waals surface area contributed by atoms with Crippen LogP contribution < -0.4 is 0 Å². The number of aliphatic hydroxyl groups is 1. The van der Waals surface area contributed by atoms with Gasteiger partial charge in [-0.15, -0.1) is 0 Å². The zero-order chi connectivity index (χ0) is 11.5. The lowest BCUT2D eigenvalue weighted by molar-refractivity contribution is -0.00596. The van der Waals surface area contributed by atoms with E-state index in [4.69, 9.17) is 5.26 Å². The maximum Gasteiger partial charge on any atom is 0.0815 e. The van der Waals surface area contributed by atoms with Gasteiger partial charge in [0.25, 0.3) is 0 Å². The van der Waals surface area contributed by atoms with Gasteiger partial charge in [0.05, 0.1) is 17.6 Å². The average molecular weight is 210 g/mol. The predicted molar refractivity (Wildman–Crippen MR) is 60.3 cm³/mol. The summed E-state index contributed by atoms with van der Waals surface area (Å²) in [6.07, 6.45) is 2.46. The van der Waals surface area contributed by atoms with Gasteiger partial charge in [-0.1, -0.05) is 0 Å². The molecule has 2 unspecified atom stereocenters. The largest absolute Gasteiger partial charge is 0.388 e. The lowest BCUT2D eigenvalue weighted by Crippen LogP contribution is -2.38. The van der Waals surface area contributed by atoms with Crippen LogP contribution in [-0.4, -0.2) is 34.7 Å². The Morgan fingerprint density at radius 2 is 1.93 bits per heavy atom. The van der Waals surface area contributed by atoms with E-state index in [9.17, 15) is 5.11 Å². The molecule has 0 radical (unpaired) electrons. The molecule has 3 heteroatoms. The van der Waals surface area contributed by atoms with Crippen LogP contribution in [0, 0.1) is 17.2 Å². The number of hydrogen-bond donors (Lipinski definition) is 1. The molecule has 1 aliphatic rings. The first kappa shape index (κ1) is 12.5. The molecule has 15 heavy (non-hydrogen) atoms. The van der Waals surface area contributed by atoms with Crippen LogP contribution in [0.5, 0.6) is 0 Å². The first-order valence-corrected chi connectivity index (χ1v) is 5.85. The molecule has 1 heterocycles. The summed E-state index contributed by atoms with van der Waals surface area (Å²) in [6.45, 7) is 8.12. The van der Waals surface area contributed by atoms with Crippen molar-refractivity contribution in [1.29, 1.82) is 5.26 Å². The fourth-order valence-electron chi connectivity index (χ4n) is 2.23. The van der Waals surface area contributed by atoms with Crippen LogP contribution in [0.3, 0.4) is 0 Å². The van der Waals surface area contributed by atoms with Crippen LogP contribution in [0.2, 0.25) is 0 Å². The van der Waals surface area contributed by atoms with Crippen molar-refractivity contribution in [1.82, 2.24) is 4.90 Å². The molecule has 0 spiro atoms. The van der Waals surface area contributed by atoms with Crippen molar-refractivity contribution in [2.24, 2.45) is 5.92 Å². The van der Waals surface area contributed by atoms with Crippen molar-refractivity contribution in [3.05, 3.63) is 0 Å². The molecule has 0 saturated carbocycles. The molecule has 1 N–H and O–H groups in total. The summed E-state index contributed by atoms with van der Waals surface area (Å²) in [5, 5.41) is 19.3. The lowest BCUT2D eigenvalue weighted by Gasteiger charge is -2.29. The summed E-state index contributed by atoms with van der Waals surface area (Å²) in [4.78, 5) is 2.38. The second kappa shape index (κ2) is 4.96. The van der Waals surface area contributed by atoms with Gasteiger partial charge in [-0.25, -0.2) is 0 Å². The highest BCUT2D eigenvalue weighted by Crippen LogP contribution is 2.29. The normalized spacial score (nSPS) is 30.9. The number of likely N-dealkylation sites (tertiary alicyclic amines) is 1. The summed E-state index contributed by atoms with van der Waals surface area (Å²) in [5.41, 5.74) is -0.765. The molecule has 0 bridgehead atoms. The quantitative estimate of drug-likeness (QED) is 0.755. The molecule has 0 amide bonds. The van der Waals surface area contributed by atoms with Crippen molar-refractivity contribution in [2.45, 2.75) is 51.7 Å². The van der Waals surface area contributed by atoms with Gasteiger partial charge in [-0.05, 0) is 46.6 Å². The standard InChI is InChI=1S/C12H22N2O/c1-10(2)14-7-4-5-12(15,6-8-14)11(3)9-13/h10-11,15H,4-8H2,1-3H3. The molecule has 1 saturated heterocycles. The van der Waals surface area contributed by atoms with Crippen LogP contribution in [0.4, 0.5) is 0 Å². The monoisotopic (exact) mass is 210 g/mol. The van der Waals surface area contributed by atoms with E-state index in [1.165, 1.54) is 0 Å². The second-order valence-corrected chi connectivity index (χ2v) is 4.94. The van der Waals surface area contributed by atoms with Crippen molar-refractivity contribution in [2.75, 3.05) is 13.1 Å². The third-order valence-corrected chi connectivity index (χ3v) is 3.62. The SMILES string of the molecule is CC(C)N1CCCC(O)(C(C)C#N)CC1. The third kappa shape index (κ3) is 2.93. The van der Waals surface area contributed by atoms with Crippen molar-refractivity contribution < 1.29 is 5.11 Å². The van der Waals surface area contributed by atoms with Crippen LogP contribution in [0.1, 0.15) is 40.0 Å². The minimum atomic E-state index is -0.765. The molecule has 0 aromatic carbocycles. The summed E-state index contributed by atoms with van der Waals surface area (Å²) >= 11 is 0. The molecule has 1 aliphatic heterocycles. The number of hydrogen-bond acceptors (Lipinski definition) is 3. The molecule has 1 fully saturated rings. The molecule has 2 atom stereocenters. The number of nitrogens with zero attached hydrogens (tertiary/aromatic N) is 2. The van der Waals surface area contributed by atoms with Crippen LogP contribution >= 0.6 is 0 Å². The maximum absolute atomic E-state index is 10.4. The molecule has 0 aromatic heterocycles. The van der Waals surface area contributed by atoms with Crippen molar-refractivity contribution in [3.63, 3.8) is 0 Å². The Bertz CT molecular complexity index is 246. The topological polar surface area (TPSA) is 47.3 Å². The Hall–Kier alpha value is -0.590. The Kier molecular flexibility index (Phi) is 4.12. The zero-order valence-corrected chi connectivity index (χ0v) is 10.0. The van der Waals surface area contributed by atoms with Gasteiger partial charge in [0.1, 0.15) is 0 Å². The number of rotatable bonds is 2. The third-order valence-electron chi connectivity index (χ3n) is 3.62. The highest BCUT2D eigenvalue weighted by atomic mass is 16.3. The molecule has 0 aromatic rings. The molecule has 3 nitrogen and oxygen atoms in total. The fourth-order valence-corrected chi connectivity index (χ4v) is 2.23. The predicted octanol–water partition coefficient (Wildman–Crippen LogP) is 1.77. The Labute approximate surface area is 92.7 Å². The van der Waals surface area contributed by atoms with E-state index in [0.717, 1.165) is 32.4 Å². The smallest absolute Gasteiger partial charge is 0.0815 e. The first-order chi connectivity index (χ1) is 6.99. The van der Waals surface area contributed by atoms with Gasteiger partial charge in [-0.2, -0.15) is 5.26 Å². The van der Waals surface area contributed by atoms with E-state index in [0.29, 0.717) is 6.04 Å². The Morgan fingerprint density at radius 3 is 2.47 bits per heavy atom. The lowest BCUT2D eigenvalue weighted by atomic mass is 9.83. The van der Waals surface area contributed by atoms with Crippen LogP contribution in [-0.2, 0) is 0 Å². The highest BCUT2D eigenvalue weighted by molar-refractivity contribution is 4.98. The second-order valence-electron chi connectivity index (χ2n) is 4.94. The van der Waals surface area contributed by atoms with E-state index >= 15 is 0 Å². The van der Waals surface area contributed by atoms with E-state index in [2.05, 4.69) is 24.8 Å². The van der Waals surface area contributed by atoms with Gasteiger partial charge in [0, 0.05) is 12.6 Å². The number of nitriles is 1. The van der Waals surface area contributed by atoms with Gasteiger partial charge in [-0.3, -0.25) is 0 Å². The minimum absolute atomic E-state index is 0.260. The molecular formula is C12H22N2O. The highest BCUT2D eigenvalue weighted by Gasteiger charge is 2.35. The van der Waals surface area contributed by atoms with Gasteiger partial charge < -0.3 is 10.0 Å². The van der Waals surface area contributed by atoms with E-state index in [1.807, 2.05) is 6.92 Å². The Morgan fingerprint density at radius 1 is 1.27 bits per heavy atom. The van der Waals surface area contributed by atoms with E-state index in [1.54, 1.807) is 0 Å². The van der Waals surface area contributed by atoms with Gasteiger partial charge in [0.15, 0.2) is 0 Å². The summed E-state index contributed by atoms with van der Waals surface area (Å²) in [5.74, 6) is -0.260. The Balaban J connectivity index is 2.63. The fraction of sp³-hybridized carbons (Fsp3) is 0.917. The molecule has 1 rings (SSSR count). The maximum atomic E-state index is 10.4. The van der Waals surface area contributed by atoms with E-state index < -0.39 is 5.60 Å². The molecule has 0 aliphatic carbocycles. The van der Waals surface area contributed by atoms with Crippen LogP contribution in [0.25, 0.3) is 0 Å². The van der Waals surface area contributed by atoms with Crippen molar-refractivity contribution in [3.8, 4) is 6.07 Å². The summed E-state index contributed by atoms with van der Waals surface area (Å²) < 4.78 is 0. The molecular weight excluding hydrogens is 188 g/mol. The first-order valence-electron chi connectivity index (χ1n) is 5.85. The zero-order valence-electron chi connectivity index (χ0n) is 10.0. The van der Waals surface area contributed by atoms with Crippen LogP contribution in [0.15, 0.2) is 0 Å². The summed E-state index contributed by atoms with van der Waals surface area (Å²) in [7, 11) is 0. The summed E-state index contributed by atoms with van der Waals surface area (Å²) in [6, 6.07) is 2.71. The minimum Gasteiger partial charge on any atom is -0.388 e. The van der Waals surface area contributed by atoms with Gasteiger partial charge >= 0.3 is 0 Å². The van der Waals surface area contributed by atoms with Crippen molar-refractivity contribution >= 4 is 0 Å².